The molecule has 8 heteroatoms. The van der Waals surface area contributed by atoms with Gasteiger partial charge in [0.05, 0.1) is 43.6 Å². The van der Waals surface area contributed by atoms with Gasteiger partial charge in [0.15, 0.2) is 5.17 Å². The number of carbonyl (C=O) groups is 2. The maximum absolute atomic E-state index is 12.9. The number of aryl methyl sites for hydroxylation is 1. The Labute approximate surface area is 186 Å². The second-order valence-electron chi connectivity index (χ2n) is 7.69. The van der Waals surface area contributed by atoms with Gasteiger partial charge in [-0.3, -0.25) is 4.79 Å². The Kier molecular flexibility index (Phi) is 6.48. The van der Waals surface area contributed by atoms with Crippen LogP contribution < -0.4 is 0 Å². The summed E-state index contributed by atoms with van der Waals surface area (Å²) in [7, 11) is 0. The van der Waals surface area contributed by atoms with Crippen molar-refractivity contribution in [2.75, 3.05) is 32.9 Å². The van der Waals surface area contributed by atoms with Gasteiger partial charge in [-0.25, -0.2) is 9.79 Å². The van der Waals surface area contributed by atoms with Crippen molar-refractivity contribution >= 4 is 28.8 Å². The van der Waals surface area contributed by atoms with Crippen LogP contribution in [0, 0.1) is 6.92 Å². The highest BCUT2D eigenvalue weighted by molar-refractivity contribution is 8.16. The number of esters is 1. The molecule has 1 fully saturated rings. The van der Waals surface area contributed by atoms with Crippen LogP contribution in [-0.2, 0) is 19.1 Å². The van der Waals surface area contributed by atoms with E-state index in [2.05, 4.69) is 4.99 Å². The fourth-order valence-corrected chi connectivity index (χ4v) is 4.95. The van der Waals surface area contributed by atoms with Crippen LogP contribution in [0.5, 0.6) is 0 Å². The molecule has 164 valence electrons. The lowest BCUT2D eigenvalue weighted by Crippen LogP contribution is -2.42. The van der Waals surface area contributed by atoms with Crippen molar-refractivity contribution in [3.63, 3.8) is 0 Å². The standard InChI is InChI=1S/C23H27N3O4S/c1-4-30-22(28)20-16(3)24-23-26(21(20)17-7-5-15(2)6-8-17)18(14-31-23)13-19(27)25-9-11-29-12-10-25/h5-8,14,21H,4,9-13H2,1-3H3. The molecule has 1 aromatic rings. The van der Waals surface area contributed by atoms with E-state index in [0.717, 1.165) is 22.0 Å². The Morgan fingerprint density at radius 1 is 1.19 bits per heavy atom. The highest BCUT2D eigenvalue weighted by atomic mass is 32.2. The third-order valence-corrected chi connectivity index (χ3v) is 6.47. The first kappa shape index (κ1) is 21.6. The van der Waals surface area contributed by atoms with Crippen molar-refractivity contribution in [3.8, 4) is 0 Å². The van der Waals surface area contributed by atoms with Gasteiger partial charge in [0.1, 0.15) is 0 Å². The van der Waals surface area contributed by atoms with E-state index in [-0.39, 0.29) is 24.3 Å². The normalized spacial score (nSPS) is 20.9. The van der Waals surface area contributed by atoms with E-state index in [1.807, 2.05) is 53.3 Å². The molecule has 3 aliphatic heterocycles. The maximum Gasteiger partial charge on any atom is 0.338 e. The summed E-state index contributed by atoms with van der Waals surface area (Å²) in [5, 5.41) is 2.75. The van der Waals surface area contributed by atoms with E-state index in [9.17, 15) is 9.59 Å². The van der Waals surface area contributed by atoms with Crippen LogP contribution in [0.3, 0.4) is 0 Å². The number of rotatable bonds is 5. The molecule has 1 amide bonds. The Bertz CT molecular complexity index is 962. The molecule has 7 nitrogen and oxygen atoms in total. The van der Waals surface area contributed by atoms with E-state index >= 15 is 0 Å². The van der Waals surface area contributed by atoms with Crippen LogP contribution in [0.4, 0.5) is 0 Å². The van der Waals surface area contributed by atoms with E-state index in [0.29, 0.717) is 44.2 Å². The van der Waals surface area contributed by atoms with Crippen molar-refractivity contribution < 1.29 is 19.1 Å². The van der Waals surface area contributed by atoms with Gasteiger partial charge in [-0.05, 0) is 31.7 Å². The lowest BCUT2D eigenvalue weighted by atomic mass is 9.93. The summed E-state index contributed by atoms with van der Waals surface area (Å²) in [6.07, 6.45) is 0.254. The first-order chi connectivity index (χ1) is 15.0. The van der Waals surface area contributed by atoms with Crippen LogP contribution in [0.25, 0.3) is 0 Å². The second kappa shape index (κ2) is 9.28. The Morgan fingerprint density at radius 2 is 1.90 bits per heavy atom. The molecule has 1 saturated heterocycles. The van der Waals surface area contributed by atoms with Gasteiger partial charge in [0.25, 0.3) is 0 Å². The number of nitrogens with zero attached hydrogens (tertiary/aromatic N) is 3. The Hall–Kier alpha value is -2.58. The Morgan fingerprint density at radius 3 is 2.58 bits per heavy atom. The predicted molar refractivity (Wildman–Crippen MR) is 120 cm³/mol. The molecule has 3 aliphatic rings. The van der Waals surface area contributed by atoms with Crippen molar-refractivity contribution in [1.29, 1.82) is 0 Å². The average molecular weight is 442 g/mol. The lowest BCUT2D eigenvalue weighted by molar-refractivity contribution is -0.139. The van der Waals surface area contributed by atoms with Crippen molar-refractivity contribution in [1.82, 2.24) is 9.80 Å². The summed E-state index contributed by atoms with van der Waals surface area (Å²) in [6.45, 7) is 8.30. The van der Waals surface area contributed by atoms with E-state index < -0.39 is 0 Å². The zero-order chi connectivity index (χ0) is 22.0. The monoisotopic (exact) mass is 441 g/mol. The van der Waals surface area contributed by atoms with Gasteiger partial charge in [0.2, 0.25) is 5.91 Å². The minimum absolute atomic E-state index is 0.0583. The Balaban J connectivity index is 1.68. The van der Waals surface area contributed by atoms with Gasteiger partial charge < -0.3 is 19.3 Å². The molecule has 0 bridgehead atoms. The summed E-state index contributed by atoms with van der Waals surface area (Å²) in [4.78, 5) is 34.4. The van der Waals surface area contributed by atoms with Gasteiger partial charge in [0, 0.05) is 18.8 Å². The third-order valence-electron chi connectivity index (χ3n) is 5.59. The zero-order valence-corrected chi connectivity index (χ0v) is 18.9. The molecule has 0 aromatic heterocycles. The minimum Gasteiger partial charge on any atom is -0.463 e. The van der Waals surface area contributed by atoms with Crippen LogP contribution in [0.1, 0.15) is 37.4 Å². The summed E-state index contributed by atoms with van der Waals surface area (Å²) < 4.78 is 10.7. The number of hydrogen-bond donors (Lipinski definition) is 0. The largest absolute Gasteiger partial charge is 0.463 e. The third kappa shape index (κ3) is 4.41. The van der Waals surface area contributed by atoms with E-state index in [1.54, 1.807) is 6.92 Å². The molecule has 1 atom stereocenters. The van der Waals surface area contributed by atoms with Gasteiger partial charge in [-0.15, -0.1) is 0 Å². The van der Waals surface area contributed by atoms with Gasteiger partial charge in [-0.1, -0.05) is 41.6 Å². The number of ether oxygens (including phenoxy) is 2. The molecule has 4 rings (SSSR count). The zero-order valence-electron chi connectivity index (χ0n) is 18.1. The molecular weight excluding hydrogens is 414 g/mol. The number of carbonyl (C=O) groups excluding carboxylic acids is 2. The lowest BCUT2D eigenvalue weighted by Gasteiger charge is -2.37. The number of amides is 1. The molecule has 1 aromatic carbocycles. The summed E-state index contributed by atoms with van der Waals surface area (Å²) in [5.41, 5.74) is 4.12. The smallest absolute Gasteiger partial charge is 0.338 e. The molecular formula is C23H27N3O4S. The van der Waals surface area contributed by atoms with Crippen molar-refractivity contribution in [2.45, 2.75) is 33.2 Å². The fourth-order valence-electron chi connectivity index (χ4n) is 3.98. The predicted octanol–water partition coefficient (Wildman–Crippen LogP) is 3.38. The maximum atomic E-state index is 12.9. The fraction of sp³-hybridized carbons (Fsp3) is 0.435. The number of morpholine rings is 1. The first-order valence-electron chi connectivity index (χ1n) is 10.5. The summed E-state index contributed by atoms with van der Waals surface area (Å²) in [5.74, 6) is -0.313. The average Bonchev–Trinajstić information content (AvgIpc) is 3.16. The van der Waals surface area contributed by atoms with Gasteiger partial charge in [-0.2, -0.15) is 0 Å². The summed E-state index contributed by atoms with van der Waals surface area (Å²) in [6, 6.07) is 7.74. The van der Waals surface area contributed by atoms with Crippen LogP contribution in [-0.4, -0.2) is 59.8 Å². The molecule has 0 aliphatic carbocycles. The number of thioether (sulfide) groups is 1. The quantitative estimate of drug-likeness (QED) is 0.653. The minimum atomic E-state index is -0.383. The molecule has 1 unspecified atom stereocenters. The molecule has 0 spiro atoms. The molecule has 0 N–H and O–H groups in total. The highest BCUT2D eigenvalue weighted by Crippen LogP contribution is 2.45. The van der Waals surface area contributed by atoms with Crippen molar-refractivity contribution in [3.05, 3.63) is 57.8 Å². The van der Waals surface area contributed by atoms with Crippen LogP contribution >= 0.6 is 11.8 Å². The number of fused-ring (bicyclic) bond motifs is 1. The van der Waals surface area contributed by atoms with Crippen molar-refractivity contribution in [2.24, 2.45) is 4.99 Å². The number of hydrogen-bond acceptors (Lipinski definition) is 7. The molecule has 3 heterocycles. The SMILES string of the molecule is CCOC(=O)C1=C(C)N=C2SC=C(CC(=O)N3CCOCC3)N2C1c1ccc(C)cc1. The number of benzene rings is 1. The van der Waals surface area contributed by atoms with Crippen LogP contribution in [0.15, 0.2) is 51.6 Å². The molecule has 0 radical (unpaired) electrons. The number of allylic oxidation sites excluding steroid dienone is 1. The molecule has 0 saturated carbocycles. The molecule has 31 heavy (non-hydrogen) atoms. The van der Waals surface area contributed by atoms with E-state index in [1.165, 1.54) is 11.8 Å². The highest BCUT2D eigenvalue weighted by Gasteiger charge is 2.41. The number of aliphatic imine (C=N–C) groups is 1. The van der Waals surface area contributed by atoms with E-state index in [4.69, 9.17) is 9.47 Å². The van der Waals surface area contributed by atoms with Crippen LogP contribution in [0.2, 0.25) is 0 Å². The van der Waals surface area contributed by atoms with Gasteiger partial charge >= 0.3 is 5.97 Å². The first-order valence-corrected chi connectivity index (χ1v) is 11.4. The topological polar surface area (TPSA) is 71.4 Å². The second-order valence-corrected chi connectivity index (χ2v) is 8.53. The summed E-state index contributed by atoms with van der Waals surface area (Å²) >= 11 is 1.49. The number of amidine groups is 1.